The van der Waals surface area contributed by atoms with Gasteiger partial charge >= 0.3 is 5.97 Å². The topological polar surface area (TPSA) is 68.0 Å². The lowest BCUT2D eigenvalue weighted by molar-refractivity contribution is 0.0700. The Morgan fingerprint density at radius 3 is 2.70 bits per heavy atom. The van der Waals surface area contributed by atoms with Crippen molar-refractivity contribution < 1.29 is 9.90 Å². The van der Waals surface area contributed by atoms with Gasteiger partial charge in [-0.15, -0.1) is 11.3 Å². The van der Waals surface area contributed by atoms with Crippen LogP contribution in [0.2, 0.25) is 0 Å². The van der Waals surface area contributed by atoms with E-state index in [-0.39, 0.29) is 0 Å². The van der Waals surface area contributed by atoms with Crippen molar-refractivity contribution >= 4 is 17.3 Å². The van der Waals surface area contributed by atoms with Crippen LogP contribution >= 0.6 is 11.3 Å². The van der Waals surface area contributed by atoms with Crippen molar-refractivity contribution in [1.29, 1.82) is 0 Å². The third kappa shape index (κ3) is 2.90. The molecular weight excluding hydrogens is 274 g/mol. The predicted molar refractivity (Wildman–Crippen MR) is 79.2 cm³/mol. The van der Waals surface area contributed by atoms with Crippen LogP contribution in [0, 0.1) is 5.92 Å². The number of aromatic carboxylic acids is 1. The Bertz CT molecular complexity index is 628. The van der Waals surface area contributed by atoms with Crippen LogP contribution in [0.5, 0.6) is 0 Å². The fourth-order valence-electron chi connectivity index (χ4n) is 2.13. The molecule has 0 saturated carbocycles. The van der Waals surface area contributed by atoms with Gasteiger partial charge in [0.25, 0.3) is 0 Å². The van der Waals surface area contributed by atoms with Gasteiger partial charge < -0.3 is 5.11 Å². The number of thiazole rings is 1. The summed E-state index contributed by atoms with van der Waals surface area (Å²) in [6.45, 7) is 6.16. The van der Waals surface area contributed by atoms with Crippen molar-refractivity contribution in [3.63, 3.8) is 0 Å². The summed E-state index contributed by atoms with van der Waals surface area (Å²) >= 11 is 1.24. The van der Waals surface area contributed by atoms with E-state index >= 15 is 0 Å². The van der Waals surface area contributed by atoms with Crippen molar-refractivity contribution in [3.05, 3.63) is 22.5 Å². The van der Waals surface area contributed by atoms with E-state index in [1.807, 2.05) is 20.2 Å². The molecule has 0 fully saturated rings. The number of carboxylic acid groups (broad SMARTS) is 1. The first-order valence-corrected chi connectivity index (χ1v) is 7.49. The number of hydrogen-bond acceptors (Lipinski definition) is 4. The molecule has 0 aliphatic carbocycles. The summed E-state index contributed by atoms with van der Waals surface area (Å²) in [6.07, 6.45) is 3.39. The van der Waals surface area contributed by atoms with Gasteiger partial charge in [0.15, 0.2) is 0 Å². The number of aromatic nitrogens is 3. The molecule has 0 unspecified atom stereocenters. The molecule has 2 heterocycles. The van der Waals surface area contributed by atoms with Crippen LogP contribution < -0.4 is 0 Å². The van der Waals surface area contributed by atoms with E-state index in [4.69, 9.17) is 0 Å². The molecule has 0 aliphatic heterocycles. The zero-order chi connectivity index (χ0) is 14.9. The van der Waals surface area contributed by atoms with Gasteiger partial charge in [-0.3, -0.25) is 4.68 Å². The maximum Gasteiger partial charge on any atom is 0.347 e. The summed E-state index contributed by atoms with van der Waals surface area (Å²) in [5.41, 5.74) is 2.57. The molecule has 6 heteroatoms. The van der Waals surface area contributed by atoms with Gasteiger partial charge in [0, 0.05) is 13.2 Å². The Morgan fingerprint density at radius 1 is 1.45 bits per heavy atom. The van der Waals surface area contributed by atoms with E-state index in [2.05, 4.69) is 23.9 Å². The molecule has 2 rings (SSSR count). The number of hydrogen-bond donors (Lipinski definition) is 1. The molecule has 0 atom stereocenters. The van der Waals surface area contributed by atoms with Crippen molar-refractivity contribution in [3.8, 4) is 10.6 Å². The summed E-state index contributed by atoms with van der Waals surface area (Å²) < 4.78 is 1.75. The highest BCUT2D eigenvalue weighted by molar-refractivity contribution is 7.17. The second-order valence-corrected chi connectivity index (χ2v) is 6.21. The molecular formula is C14H19N3O2S. The molecule has 20 heavy (non-hydrogen) atoms. The number of carbonyl (C=O) groups is 1. The largest absolute Gasteiger partial charge is 0.477 e. The van der Waals surface area contributed by atoms with E-state index in [1.165, 1.54) is 11.3 Å². The Morgan fingerprint density at radius 2 is 2.15 bits per heavy atom. The molecule has 0 aliphatic rings. The van der Waals surface area contributed by atoms with Crippen molar-refractivity contribution in [2.45, 2.75) is 33.6 Å². The number of carboxylic acids is 1. The van der Waals surface area contributed by atoms with E-state index < -0.39 is 5.97 Å². The summed E-state index contributed by atoms with van der Waals surface area (Å²) in [7, 11) is 1.86. The highest BCUT2D eigenvalue weighted by Crippen LogP contribution is 2.31. The zero-order valence-corrected chi connectivity index (χ0v) is 13.0. The van der Waals surface area contributed by atoms with Gasteiger partial charge in [0.05, 0.1) is 17.0 Å². The maximum atomic E-state index is 11.4. The highest BCUT2D eigenvalue weighted by Gasteiger charge is 2.21. The second-order valence-electron chi connectivity index (χ2n) is 5.21. The van der Waals surface area contributed by atoms with Crippen LogP contribution in [0.15, 0.2) is 6.20 Å². The monoisotopic (exact) mass is 293 g/mol. The first-order chi connectivity index (χ1) is 9.42. The maximum absolute atomic E-state index is 11.4. The number of nitrogens with zero attached hydrogens (tertiary/aromatic N) is 3. The summed E-state index contributed by atoms with van der Waals surface area (Å²) in [6, 6.07) is 0. The Hall–Kier alpha value is -1.69. The van der Waals surface area contributed by atoms with Gasteiger partial charge in [0.2, 0.25) is 0 Å². The molecule has 5 nitrogen and oxygen atoms in total. The lowest BCUT2D eigenvalue weighted by Crippen LogP contribution is -2.02. The van der Waals surface area contributed by atoms with Gasteiger partial charge in [-0.05, 0) is 18.8 Å². The SMILES string of the molecule is CCc1nn(C)cc1-c1nc(CC(C)C)c(C(=O)O)s1. The molecule has 1 N–H and O–H groups in total. The molecule has 0 saturated heterocycles. The Kier molecular flexibility index (Phi) is 4.23. The summed E-state index contributed by atoms with van der Waals surface area (Å²) in [4.78, 5) is 16.3. The van der Waals surface area contributed by atoms with Gasteiger partial charge in [-0.1, -0.05) is 20.8 Å². The van der Waals surface area contributed by atoms with Crippen LogP contribution in [0.1, 0.15) is 41.8 Å². The first-order valence-electron chi connectivity index (χ1n) is 6.68. The van der Waals surface area contributed by atoms with E-state index in [0.717, 1.165) is 22.7 Å². The van der Waals surface area contributed by atoms with Gasteiger partial charge in [-0.2, -0.15) is 5.10 Å². The Balaban J connectivity index is 2.49. The molecule has 0 radical (unpaired) electrons. The zero-order valence-electron chi connectivity index (χ0n) is 12.2. The normalized spacial score (nSPS) is 11.2. The van der Waals surface area contributed by atoms with Crippen molar-refractivity contribution in [1.82, 2.24) is 14.8 Å². The minimum Gasteiger partial charge on any atom is -0.477 e. The first kappa shape index (κ1) is 14.7. The summed E-state index contributed by atoms with van der Waals surface area (Å²) in [5, 5.41) is 14.5. The predicted octanol–water partition coefficient (Wildman–Crippen LogP) is 3.00. The fourth-order valence-corrected chi connectivity index (χ4v) is 3.10. The molecule has 2 aromatic rings. The lowest BCUT2D eigenvalue weighted by Gasteiger charge is -2.01. The quantitative estimate of drug-likeness (QED) is 0.920. The highest BCUT2D eigenvalue weighted by atomic mass is 32.1. The third-order valence-corrected chi connectivity index (χ3v) is 4.08. The molecule has 0 spiro atoms. The Labute approximate surface area is 122 Å². The van der Waals surface area contributed by atoms with E-state index in [0.29, 0.717) is 22.9 Å². The van der Waals surface area contributed by atoms with E-state index in [1.54, 1.807) is 4.68 Å². The van der Waals surface area contributed by atoms with Crippen LogP contribution in [0.25, 0.3) is 10.6 Å². The molecule has 108 valence electrons. The van der Waals surface area contributed by atoms with Crippen LogP contribution in [0.3, 0.4) is 0 Å². The average molecular weight is 293 g/mol. The average Bonchev–Trinajstić information content (AvgIpc) is 2.91. The van der Waals surface area contributed by atoms with Crippen molar-refractivity contribution in [2.24, 2.45) is 13.0 Å². The fraction of sp³-hybridized carbons (Fsp3) is 0.500. The van der Waals surface area contributed by atoms with Crippen LogP contribution in [-0.2, 0) is 19.9 Å². The van der Waals surface area contributed by atoms with Crippen LogP contribution in [-0.4, -0.2) is 25.8 Å². The standard InChI is InChI=1S/C14H19N3O2S/c1-5-10-9(7-17(4)16-10)13-15-11(6-8(2)3)12(20-13)14(18)19/h7-8H,5-6H2,1-4H3,(H,18,19). The molecule has 0 aromatic carbocycles. The smallest absolute Gasteiger partial charge is 0.347 e. The molecule has 0 amide bonds. The molecule has 2 aromatic heterocycles. The summed E-state index contributed by atoms with van der Waals surface area (Å²) in [5.74, 6) is -0.520. The minimum atomic E-state index is -0.897. The number of aryl methyl sites for hydroxylation is 2. The minimum absolute atomic E-state index is 0.347. The van der Waals surface area contributed by atoms with E-state index in [9.17, 15) is 9.90 Å². The lowest BCUT2D eigenvalue weighted by atomic mass is 10.1. The van der Waals surface area contributed by atoms with Crippen molar-refractivity contribution in [2.75, 3.05) is 0 Å². The second kappa shape index (κ2) is 5.75. The third-order valence-electron chi connectivity index (χ3n) is 2.96. The van der Waals surface area contributed by atoms with Crippen LogP contribution in [0.4, 0.5) is 0 Å². The number of rotatable bonds is 5. The molecule has 0 bridgehead atoms. The van der Waals surface area contributed by atoms with Gasteiger partial charge in [0.1, 0.15) is 9.88 Å². The van der Waals surface area contributed by atoms with Gasteiger partial charge in [-0.25, -0.2) is 9.78 Å².